The Balaban J connectivity index is 1.69. The van der Waals surface area contributed by atoms with E-state index in [0.717, 1.165) is 42.0 Å². The normalized spacial score (nSPS) is 14.5. The highest BCUT2D eigenvalue weighted by molar-refractivity contribution is 7.92. The van der Waals surface area contributed by atoms with Crippen LogP contribution in [0.3, 0.4) is 0 Å². The van der Waals surface area contributed by atoms with Gasteiger partial charge in [-0.2, -0.15) is 0 Å². The number of benzene rings is 3. The van der Waals surface area contributed by atoms with E-state index in [-0.39, 0.29) is 23.4 Å². The summed E-state index contributed by atoms with van der Waals surface area (Å²) in [5, 5.41) is 3.87. The first-order chi connectivity index (χ1) is 20.5. The number of methoxy groups -OCH3 is 1. The molecule has 4 rings (SSSR count). The zero-order chi connectivity index (χ0) is 31.1. The predicted molar refractivity (Wildman–Crippen MR) is 170 cm³/mol. The SMILES string of the molecule is COc1ccc(S(=O)(=O)N(CC(=O)N(Cc2ccc(Cl)cc2Cl)C(C)C(=O)NC2CCCCC2)c2ccc(C)cc2)cc1. The molecule has 0 saturated heterocycles. The molecule has 1 saturated carbocycles. The van der Waals surface area contributed by atoms with Crippen molar-refractivity contribution in [3.8, 4) is 5.75 Å². The third kappa shape index (κ3) is 8.22. The van der Waals surface area contributed by atoms with Gasteiger partial charge in [-0.15, -0.1) is 0 Å². The molecule has 1 N–H and O–H groups in total. The second-order valence-corrected chi connectivity index (χ2v) is 13.5. The molecule has 0 aliphatic heterocycles. The van der Waals surface area contributed by atoms with Crippen molar-refractivity contribution in [2.75, 3.05) is 18.0 Å². The minimum atomic E-state index is -4.19. The molecule has 0 bridgehead atoms. The van der Waals surface area contributed by atoms with Crippen molar-refractivity contribution in [3.05, 3.63) is 87.9 Å². The van der Waals surface area contributed by atoms with Crippen molar-refractivity contribution in [1.82, 2.24) is 10.2 Å². The number of hydrogen-bond acceptors (Lipinski definition) is 5. The van der Waals surface area contributed by atoms with Crippen LogP contribution in [0.15, 0.2) is 71.6 Å². The number of rotatable bonds is 11. The standard InChI is InChI=1S/C32H37Cl2N3O5S/c1-22-9-13-27(14-10-22)37(43(40,41)29-17-15-28(42-3)16-18-29)21-31(38)36(20-24-11-12-25(33)19-30(24)34)23(2)32(39)35-26-7-5-4-6-8-26/h9-19,23,26H,4-8,20-21H2,1-3H3,(H,35,39). The average molecular weight is 647 g/mol. The molecule has 0 heterocycles. The van der Waals surface area contributed by atoms with Crippen LogP contribution in [-0.2, 0) is 26.2 Å². The van der Waals surface area contributed by atoms with E-state index in [9.17, 15) is 18.0 Å². The summed E-state index contributed by atoms with van der Waals surface area (Å²) in [4.78, 5) is 29.0. The Morgan fingerprint density at radius 2 is 1.63 bits per heavy atom. The minimum Gasteiger partial charge on any atom is -0.497 e. The molecular weight excluding hydrogens is 609 g/mol. The summed E-state index contributed by atoms with van der Waals surface area (Å²) >= 11 is 12.6. The van der Waals surface area contributed by atoms with Gasteiger partial charge in [0.1, 0.15) is 18.3 Å². The third-order valence-electron chi connectivity index (χ3n) is 7.72. The first-order valence-electron chi connectivity index (χ1n) is 14.3. The Morgan fingerprint density at radius 3 is 2.23 bits per heavy atom. The summed E-state index contributed by atoms with van der Waals surface area (Å²) in [6, 6.07) is 16.9. The molecule has 8 nitrogen and oxygen atoms in total. The Labute approximate surface area is 264 Å². The van der Waals surface area contributed by atoms with Crippen LogP contribution in [0.2, 0.25) is 10.0 Å². The lowest BCUT2D eigenvalue weighted by molar-refractivity contribution is -0.139. The molecule has 1 unspecified atom stereocenters. The zero-order valence-corrected chi connectivity index (χ0v) is 26.9. The smallest absolute Gasteiger partial charge is 0.264 e. The van der Waals surface area contributed by atoms with Crippen LogP contribution < -0.4 is 14.4 Å². The zero-order valence-electron chi connectivity index (χ0n) is 24.6. The monoisotopic (exact) mass is 645 g/mol. The van der Waals surface area contributed by atoms with Gasteiger partial charge in [0.05, 0.1) is 17.7 Å². The Kier molecular flexibility index (Phi) is 11.0. The molecule has 1 aliphatic rings. The van der Waals surface area contributed by atoms with Gasteiger partial charge >= 0.3 is 0 Å². The molecule has 11 heteroatoms. The number of ether oxygens (including phenoxy) is 1. The van der Waals surface area contributed by atoms with Gasteiger partial charge in [-0.3, -0.25) is 13.9 Å². The summed E-state index contributed by atoms with van der Waals surface area (Å²) in [6.07, 6.45) is 4.99. The molecule has 230 valence electrons. The number of sulfonamides is 1. The van der Waals surface area contributed by atoms with Gasteiger partial charge in [-0.1, -0.05) is 66.2 Å². The van der Waals surface area contributed by atoms with Gasteiger partial charge in [0.2, 0.25) is 11.8 Å². The van der Waals surface area contributed by atoms with E-state index in [1.165, 1.54) is 24.1 Å². The number of anilines is 1. The molecular formula is C32H37Cl2N3O5S. The fraction of sp³-hybridized carbons (Fsp3) is 0.375. The molecule has 1 fully saturated rings. The second kappa shape index (κ2) is 14.5. The highest BCUT2D eigenvalue weighted by Gasteiger charge is 2.33. The number of carbonyl (C=O) groups is 2. The van der Waals surface area contributed by atoms with Crippen LogP contribution in [0, 0.1) is 6.92 Å². The maximum Gasteiger partial charge on any atom is 0.264 e. The maximum atomic E-state index is 14.1. The fourth-order valence-electron chi connectivity index (χ4n) is 5.10. The molecule has 3 aromatic rings. The first kappa shape index (κ1) is 32.6. The topological polar surface area (TPSA) is 96.0 Å². The molecule has 43 heavy (non-hydrogen) atoms. The number of carbonyl (C=O) groups excluding carboxylic acids is 2. The van der Waals surface area contributed by atoms with Gasteiger partial charge in [0.15, 0.2) is 0 Å². The lowest BCUT2D eigenvalue weighted by Gasteiger charge is -2.33. The van der Waals surface area contributed by atoms with E-state index in [1.807, 2.05) is 6.92 Å². The van der Waals surface area contributed by atoms with E-state index in [4.69, 9.17) is 27.9 Å². The summed E-state index contributed by atoms with van der Waals surface area (Å²) < 4.78 is 34.2. The Morgan fingerprint density at radius 1 is 0.977 bits per heavy atom. The quantitative estimate of drug-likeness (QED) is 0.261. The van der Waals surface area contributed by atoms with Crippen LogP contribution in [-0.4, -0.2) is 50.9 Å². The highest BCUT2D eigenvalue weighted by Crippen LogP contribution is 2.28. The average Bonchev–Trinajstić information content (AvgIpc) is 3.00. The van der Waals surface area contributed by atoms with Crippen molar-refractivity contribution in [1.29, 1.82) is 0 Å². The number of nitrogens with zero attached hydrogens (tertiary/aromatic N) is 2. The number of hydrogen-bond donors (Lipinski definition) is 1. The molecule has 3 aromatic carbocycles. The van der Waals surface area contributed by atoms with Crippen molar-refractivity contribution >= 4 is 50.7 Å². The molecule has 0 aromatic heterocycles. The lowest BCUT2D eigenvalue weighted by Crippen LogP contribution is -2.53. The highest BCUT2D eigenvalue weighted by atomic mass is 35.5. The van der Waals surface area contributed by atoms with Crippen molar-refractivity contribution in [2.24, 2.45) is 0 Å². The lowest BCUT2D eigenvalue weighted by atomic mass is 9.95. The van der Waals surface area contributed by atoms with Gasteiger partial charge in [0.25, 0.3) is 10.0 Å². The summed E-state index contributed by atoms with van der Waals surface area (Å²) in [5.74, 6) is -0.360. The molecule has 0 spiro atoms. The van der Waals surface area contributed by atoms with Crippen molar-refractivity contribution < 1.29 is 22.7 Å². The molecule has 2 amide bonds. The van der Waals surface area contributed by atoms with Gasteiger partial charge in [-0.05, 0) is 80.8 Å². The summed E-state index contributed by atoms with van der Waals surface area (Å²) in [6.45, 7) is 2.98. The first-order valence-corrected chi connectivity index (χ1v) is 16.5. The van der Waals surface area contributed by atoms with E-state index < -0.39 is 28.5 Å². The molecule has 1 aliphatic carbocycles. The summed E-state index contributed by atoms with van der Waals surface area (Å²) in [7, 11) is -2.70. The second-order valence-electron chi connectivity index (χ2n) is 10.8. The van der Waals surface area contributed by atoms with Crippen LogP contribution in [0.1, 0.15) is 50.2 Å². The maximum absolute atomic E-state index is 14.1. The predicted octanol–water partition coefficient (Wildman–Crippen LogP) is 6.37. The number of nitrogens with one attached hydrogen (secondary N) is 1. The number of halogens is 2. The van der Waals surface area contributed by atoms with E-state index >= 15 is 0 Å². The van der Waals surface area contributed by atoms with Gasteiger partial charge in [0, 0.05) is 22.6 Å². The van der Waals surface area contributed by atoms with Crippen LogP contribution in [0.5, 0.6) is 5.75 Å². The van der Waals surface area contributed by atoms with Crippen molar-refractivity contribution in [2.45, 2.75) is 69.5 Å². The molecule has 1 atom stereocenters. The van der Waals surface area contributed by atoms with Crippen LogP contribution in [0.25, 0.3) is 0 Å². The van der Waals surface area contributed by atoms with E-state index in [0.29, 0.717) is 27.0 Å². The van der Waals surface area contributed by atoms with Crippen LogP contribution >= 0.6 is 23.2 Å². The number of aryl methyl sites for hydroxylation is 1. The van der Waals surface area contributed by atoms with Gasteiger partial charge < -0.3 is 15.0 Å². The van der Waals surface area contributed by atoms with Gasteiger partial charge in [-0.25, -0.2) is 8.42 Å². The van der Waals surface area contributed by atoms with Crippen molar-refractivity contribution in [3.63, 3.8) is 0 Å². The number of amides is 2. The fourth-order valence-corrected chi connectivity index (χ4v) is 6.98. The molecule has 0 radical (unpaired) electrons. The Bertz CT molecular complexity index is 1530. The third-order valence-corrected chi connectivity index (χ3v) is 10.1. The van der Waals surface area contributed by atoms with Crippen LogP contribution in [0.4, 0.5) is 5.69 Å². The largest absolute Gasteiger partial charge is 0.497 e. The minimum absolute atomic E-state index is 0.00272. The Hall–Kier alpha value is -3.27. The van der Waals surface area contributed by atoms with E-state index in [2.05, 4.69) is 5.32 Å². The van der Waals surface area contributed by atoms with E-state index in [1.54, 1.807) is 61.5 Å². The summed E-state index contributed by atoms with van der Waals surface area (Å²) in [5.41, 5.74) is 1.83.